The lowest BCUT2D eigenvalue weighted by molar-refractivity contribution is 0.584. The summed E-state index contributed by atoms with van der Waals surface area (Å²) < 4.78 is 12.1. The standard InChI is InChI=1S/C48H30N6O2/c1-3-13-33(14-4-1)45-51-53-47(55-45)35-27-23-31(24-28-35)37-17-7-9-19-39(37)43-44(50-42-22-12-11-21-41(42)49-43)40-20-10-8-18-38(40)32-25-29-36(30-26-32)48-54-52-46(56-48)34-15-5-2-6-16-34/h1-30H. The van der Waals surface area contributed by atoms with Crippen molar-refractivity contribution in [1.29, 1.82) is 0 Å². The third kappa shape index (κ3) is 6.21. The van der Waals surface area contributed by atoms with E-state index in [0.29, 0.717) is 23.6 Å². The fourth-order valence-corrected chi connectivity index (χ4v) is 6.92. The van der Waals surface area contributed by atoms with E-state index in [-0.39, 0.29) is 0 Å². The SMILES string of the molecule is c1ccc(-c2nnc(-c3ccc(-c4ccccc4-c4nc5ccccc5nc4-c4ccccc4-c4ccc(-c5nnc(-c6ccccc6)o5)cc4)cc3)o2)cc1. The van der Waals surface area contributed by atoms with E-state index in [9.17, 15) is 0 Å². The molecule has 56 heavy (non-hydrogen) atoms. The highest BCUT2D eigenvalue weighted by Gasteiger charge is 2.20. The minimum Gasteiger partial charge on any atom is -0.416 e. The molecule has 0 N–H and O–H groups in total. The normalized spacial score (nSPS) is 11.2. The van der Waals surface area contributed by atoms with E-state index in [1.807, 2.05) is 133 Å². The van der Waals surface area contributed by atoms with Gasteiger partial charge in [-0.05, 0) is 82.9 Å². The average Bonchev–Trinajstić information content (AvgIpc) is 3.99. The molecule has 8 heteroatoms. The molecule has 7 aromatic carbocycles. The van der Waals surface area contributed by atoms with Gasteiger partial charge < -0.3 is 8.83 Å². The Balaban J connectivity index is 1.03. The summed E-state index contributed by atoms with van der Waals surface area (Å²) in [7, 11) is 0. The molecule has 0 aliphatic carbocycles. The van der Waals surface area contributed by atoms with Crippen LogP contribution in [0.4, 0.5) is 0 Å². The van der Waals surface area contributed by atoms with Crippen LogP contribution in [-0.2, 0) is 0 Å². The summed E-state index contributed by atoms with van der Waals surface area (Å²) in [5.41, 5.74) is 12.7. The fourth-order valence-electron chi connectivity index (χ4n) is 6.92. The van der Waals surface area contributed by atoms with E-state index in [4.69, 9.17) is 18.8 Å². The molecule has 0 radical (unpaired) electrons. The number of hydrogen-bond donors (Lipinski definition) is 0. The van der Waals surface area contributed by atoms with Crippen molar-refractivity contribution < 1.29 is 8.83 Å². The predicted molar refractivity (Wildman–Crippen MR) is 219 cm³/mol. The maximum absolute atomic E-state index is 6.04. The smallest absolute Gasteiger partial charge is 0.248 e. The Morgan fingerprint density at radius 1 is 0.250 bits per heavy atom. The maximum atomic E-state index is 6.04. The van der Waals surface area contributed by atoms with E-state index < -0.39 is 0 Å². The number of fused-ring (bicyclic) bond motifs is 1. The summed E-state index contributed by atoms with van der Waals surface area (Å²) in [5.74, 6) is 1.89. The van der Waals surface area contributed by atoms with Gasteiger partial charge in [0, 0.05) is 33.4 Å². The van der Waals surface area contributed by atoms with Crippen LogP contribution in [0.2, 0.25) is 0 Å². The van der Waals surface area contributed by atoms with Crippen molar-refractivity contribution in [3.8, 4) is 90.6 Å². The van der Waals surface area contributed by atoms with Crippen molar-refractivity contribution >= 4 is 11.0 Å². The molecule has 3 aromatic heterocycles. The monoisotopic (exact) mass is 722 g/mol. The van der Waals surface area contributed by atoms with Gasteiger partial charge in [-0.3, -0.25) is 0 Å². The zero-order valence-electron chi connectivity index (χ0n) is 29.8. The second-order valence-corrected chi connectivity index (χ2v) is 13.2. The van der Waals surface area contributed by atoms with E-state index in [2.05, 4.69) is 68.9 Å². The van der Waals surface area contributed by atoms with Crippen LogP contribution in [0, 0.1) is 0 Å². The van der Waals surface area contributed by atoms with Crippen LogP contribution in [0.1, 0.15) is 0 Å². The van der Waals surface area contributed by atoms with Crippen LogP contribution in [0.5, 0.6) is 0 Å². The minimum atomic E-state index is 0.463. The summed E-state index contributed by atoms with van der Waals surface area (Å²) in [5, 5.41) is 17.2. The molecule has 0 aliphatic heterocycles. The number of nitrogens with zero attached hydrogens (tertiary/aromatic N) is 6. The van der Waals surface area contributed by atoms with Crippen LogP contribution >= 0.6 is 0 Å². The number of para-hydroxylation sites is 2. The lowest BCUT2D eigenvalue weighted by Gasteiger charge is -2.17. The van der Waals surface area contributed by atoms with E-state index >= 15 is 0 Å². The molecule has 0 spiro atoms. The molecule has 0 aliphatic rings. The van der Waals surface area contributed by atoms with Gasteiger partial charge in [0.2, 0.25) is 23.6 Å². The molecule has 0 unspecified atom stereocenters. The molecule has 0 atom stereocenters. The van der Waals surface area contributed by atoms with Crippen molar-refractivity contribution in [2.24, 2.45) is 0 Å². The Morgan fingerprint density at radius 2 is 0.536 bits per heavy atom. The van der Waals surface area contributed by atoms with Crippen molar-refractivity contribution in [3.63, 3.8) is 0 Å². The minimum absolute atomic E-state index is 0.463. The van der Waals surface area contributed by atoms with Gasteiger partial charge in [0.05, 0.1) is 22.4 Å². The highest BCUT2D eigenvalue weighted by Crippen LogP contribution is 2.41. The van der Waals surface area contributed by atoms with E-state index in [1.165, 1.54) is 0 Å². The van der Waals surface area contributed by atoms with Crippen LogP contribution < -0.4 is 0 Å². The first-order valence-electron chi connectivity index (χ1n) is 18.2. The lowest BCUT2D eigenvalue weighted by Crippen LogP contribution is -1.98. The van der Waals surface area contributed by atoms with Gasteiger partial charge in [0.25, 0.3) is 0 Å². The molecule has 0 bridgehead atoms. The third-order valence-electron chi connectivity index (χ3n) is 9.71. The van der Waals surface area contributed by atoms with Gasteiger partial charge in [-0.1, -0.05) is 121 Å². The van der Waals surface area contributed by atoms with Crippen molar-refractivity contribution in [3.05, 3.63) is 182 Å². The third-order valence-corrected chi connectivity index (χ3v) is 9.71. The molecule has 10 rings (SSSR count). The van der Waals surface area contributed by atoms with Crippen LogP contribution in [0.3, 0.4) is 0 Å². The quantitative estimate of drug-likeness (QED) is 0.153. The van der Waals surface area contributed by atoms with Crippen LogP contribution in [0.25, 0.3) is 102 Å². The Labute approximate surface area is 321 Å². The molecule has 10 aromatic rings. The van der Waals surface area contributed by atoms with Gasteiger partial charge in [-0.2, -0.15) is 0 Å². The second-order valence-electron chi connectivity index (χ2n) is 13.2. The number of hydrogen-bond acceptors (Lipinski definition) is 8. The summed E-state index contributed by atoms with van der Waals surface area (Å²) >= 11 is 0. The first-order chi connectivity index (χ1) is 27.7. The second kappa shape index (κ2) is 14.2. The van der Waals surface area contributed by atoms with Crippen molar-refractivity contribution in [1.82, 2.24) is 30.4 Å². The molecule has 0 fully saturated rings. The topological polar surface area (TPSA) is 104 Å². The number of rotatable bonds is 8. The van der Waals surface area contributed by atoms with E-state index in [1.54, 1.807) is 0 Å². The summed E-state index contributed by atoms with van der Waals surface area (Å²) in [6.45, 7) is 0. The molecular weight excluding hydrogens is 693 g/mol. The fraction of sp³-hybridized carbons (Fsp3) is 0. The predicted octanol–water partition coefficient (Wildman–Crippen LogP) is 11.7. The first kappa shape index (κ1) is 32.8. The zero-order valence-corrected chi connectivity index (χ0v) is 29.8. The Morgan fingerprint density at radius 3 is 0.911 bits per heavy atom. The maximum Gasteiger partial charge on any atom is 0.248 e. The van der Waals surface area contributed by atoms with Gasteiger partial charge >= 0.3 is 0 Å². The van der Waals surface area contributed by atoms with Gasteiger partial charge in [0.15, 0.2) is 0 Å². The molecule has 3 heterocycles. The molecule has 264 valence electrons. The molecule has 0 saturated carbocycles. The Kier molecular flexibility index (Phi) is 8.31. The highest BCUT2D eigenvalue weighted by molar-refractivity contribution is 5.95. The van der Waals surface area contributed by atoms with Gasteiger partial charge in [-0.25, -0.2) is 9.97 Å². The average molecular weight is 723 g/mol. The summed E-state index contributed by atoms with van der Waals surface area (Å²) in [6, 6.07) is 60.6. The van der Waals surface area contributed by atoms with E-state index in [0.717, 1.165) is 78.1 Å². The Hall–Kier alpha value is -7.84. The molecular formula is C48H30N6O2. The molecule has 0 saturated heterocycles. The lowest BCUT2D eigenvalue weighted by atomic mass is 9.91. The first-order valence-corrected chi connectivity index (χ1v) is 18.2. The number of aromatic nitrogens is 6. The molecule has 0 amide bonds. The zero-order chi connectivity index (χ0) is 37.3. The van der Waals surface area contributed by atoms with Crippen LogP contribution in [0.15, 0.2) is 191 Å². The van der Waals surface area contributed by atoms with Crippen LogP contribution in [-0.4, -0.2) is 30.4 Å². The Bertz CT molecular complexity index is 2750. The summed E-state index contributed by atoms with van der Waals surface area (Å²) in [4.78, 5) is 10.6. The highest BCUT2D eigenvalue weighted by atomic mass is 16.4. The number of benzene rings is 7. The molecule has 8 nitrogen and oxygen atoms in total. The largest absolute Gasteiger partial charge is 0.416 e. The van der Waals surface area contributed by atoms with Crippen molar-refractivity contribution in [2.45, 2.75) is 0 Å². The van der Waals surface area contributed by atoms with Gasteiger partial charge in [0.1, 0.15) is 0 Å². The summed E-state index contributed by atoms with van der Waals surface area (Å²) in [6.07, 6.45) is 0. The van der Waals surface area contributed by atoms with Crippen molar-refractivity contribution in [2.75, 3.05) is 0 Å². The van der Waals surface area contributed by atoms with Gasteiger partial charge in [-0.15, -0.1) is 20.4 Å².